The second kappa shape index (κ2) is 7.86. The Morgan fingerprint density at radius 3 is 2.96 bits per heavy atom. The monoisotopic (exact) mass is 379 g/mol. The van der Waals surface area contributed by atoms with E-state index in [-0.39, 0.29) is 23.3 Å². The number of benzene rings is 1. The predicted molar refractivity (Wildman–Crippen MR) is 93.3 cm³/mol. The third kappa shape index (κ3) is 4.82. The van der Waals surface area contributed by atoms with Gasteiger partial charge >= 0.3 is 0 Å². The van der Waals surface area contributed by atoms with Crippen LogP contribution in [0.25, 0.3) is 0 Å². The lowest BCUT2D eigenvalue weighted by Crippen LogP contribution is -2.28. The van der Waals surface area contributed by atoms with Crippen LogP contribution >= 0.6 is 11.6 Å². The highest BCUT2D eigenvalue weighted by molar-refractivity contribution is 6.30. The largest absolute Gasteiger partial charge is 0.484 e. The lowest BCUT2D eigenvalue weighted by molar-refractivity contribution is -0.122. The number of nitrogens with one attached hydrogen (secondary N) is 1. The summed E-state index contributed by atoms with van der Waals surface area (Å²) in [5.41, 5.74) is 0.514. The van der Waals surface area contributed by atoms with E-state index in [0.717, 1.165) is 12.5 Å². The van der Waals surface area contributed by atoms with Gasteiger partial charge in [0.05, 0.1) is 5.02 Å². The van der Waals surface area contributed by atoms with Crippen molar-refractivity contribution in [3.8, 4) is 5.75 Å². The van der Waals surface area contributed by atoms with Gasteiger partial charge in [-0.1, -0.05) is 25.1 Å². The maximum Gasteiger partial charge on any atom is 0.262 e. The van der Waals surface area contributed by atoms with Crippen molar-refractivity contribution in [2.75, 3.05) is 6.61 Å². The molecule has 0 saturated heterocycles. The molecule has 1 aromatic carbocycles. The number of allylic oxidation sites excluding steroid dienone is 1. The van der Waals surface area contributed by atoms with E-state index < -0.39 is 5.82 Å². The predicted octanol–water partition coefficient (Wildman–Crippen LogP) is 3.63. The summed E-state index contributed by atoms with van der Waals surface area (Å²) in [6.45, 7) is 5.69. The van der Waals surface area contributed by atoms with Gasteiger partial charge in [0.25, 0.3) is 5.91 Å². The molecular weight excluding hydrogens is 361 g/mol. The zero-order valence-electron chi connectivity index (χ0n) is 14.3. The van der Waals surface area contributed by atoms with Crippen molar-refractivity contribution >= 4 is 17.5 Å². The molecule has 0 spiro atoms. The van der Waals surface area contributed by atoms with Gasteiger partial charge in [0.15, 0.2) is 6.61 Å². The van der Waals surface area contributed by atoms with E-state index in [9.17, 15) is 9.18 Å². The molecule has 26 heavy (non-hydrogen) atoms. The van der Waals surface area contributed by atoms with Gasteiger partial charge in [0.2, 0.25) is 11.8 Å². The van der Waals surface area contributed by atoms with Gasteiger partial charge in [0, 0.05) is 24.1 Å². The first-order chi connectivity index (χ1) is 12.4. The van der Waals surface area contributed by atoms with Gasteiger partial charge in [-0.15, -0.1) is 10.2 Å². The molecule has 1 fully saturated rings. The summed E-state index contributed by atoms with van der Waals surface area (Å²) in [5.74, 6) is 1.44. The molecule has 2 atom stereocenters. The Morgan fingerprint density at radius 1 is 1.50 bits per heavy atom. The molecule has 0 unspecified atom stereocenters. The zero-order valence-corrected chi connectivity index (χ0v) is 15.1. The molecule has 138 valence electrons. The number of halogens is 2. The SMILES string of the molecule is C=C(CCc1nnc([C@@H]2C[C@H]2C)o1)NC(=O)COc1ccc(Cl)c(F)c1. The van der Waals surface area contributed by atoms with Crippen LogP contribution in [0.5, 0.6) is 5.75 Å². The molecule has 8 heteroatoms. The summed E-state index contributed by atoms with van der Waals surface area (Å²) in [7, 11) is 0. The number of carbonyl (C=O) groups is 1. The van der Waals surface area contributed by atoms with Crippen molar-refractivity contribution in [1.82, 2.24) is 15.5 Å². The summed E-state index contributed by atoms with van der Waals surface area (Å²) in [6, 6.07) is 3.98. The average Bonchev–Trinajstić information content (AvgIpc) is 3.15. The van der Waals surface area contributed by atoms with Crippen LogP contribution in [0.15, 0.2) is 34.9 Å². The molecule has 0 bridgehead atoms. The molecular formula is C18H19ClFN3O3. The third-order valence-corrected chi connectivity index (χ3v) is 4.43. The minimum Gasteiger partial charge on any atom is -0.484 e. The molecule has 2 aromatic rings. The molecule has 1 aliphatic carbocycles. The molecule has 1 N–H and O–H groups in total. The number of rotatable bonds is 8. The van der Waals surface area contributed by atoms with Crippen LogP contribution in [0, 0.1) is 11.7 Å². The molecule has 1 aromatic heterocycles. The highest BCUT2D eigenvalue weighted by atomic mass is 35.5. The fourth-order valence-electron chi connectivity index (χ4n) is 2.45. The van der Waals surface area contributed by atoms with Gasteiger partial charge in [-0.2, -0.15) is 0 Å². The van der Waals surface area contributed by atoms with Crippen molar-refractivity contribution in [2.45, 2.75) is 32.1 Å². The average molecular weight is 380 g/mol. The quantitative estimate of drug-likeness (QED) is 0.757. The minimum atomic E-state index is -0.603. The van der Waals surface area contributed by atoms with Crippen molar-refractivity contribution in [1.29, 1.82) is 0 Å². The van der Waals surface area contributed by atoms with Crippen LogP contribution in [0.1, 0.15) is 37.5 Å². The van der Waals surface area contributed by atoms with Crippen LogP contribution in [0.4, 0.5) is 4.39 Å². The summed E-state index contributed by atoms with van der Waals surface area (Å²) < 4.78 is 24.1. The Balaban J connectivity index is 1.39. The molecule has 3 rings (SSSR count). The van der Waals surface area contributed by atoms with E-state index in [1.807, 2.05) is 0 Å². The van der Waals surface area contributed by atoms with Gasteiger partial charge < -0.3 is 14.5 Å². The number of ether oxygens (including phenoxy) is 1. The maximum atomic E-state index is 13.3. The normalized spacial score (nSPS) is 18.4. The lowest BCUT2D eigenvalue weighted by Gasteiger charge is -2.09. The molecule has 1 aliphatic rings. The van der Waals surface area contributed by atoms with Crippen molar-refractivity contribution in [3.05, 3.63) is 53.1 Å². The van der Waals surface area contributed by atoms with Crippen molar-refractivity contribution in [2.24, 2.45) is 5.92 Å². The highest BCUT2D eigenvalue weighted by Gasteiger charge is 2.38. The molecule has 6 nitrogen and oxygen atoms in total. The Morgan fingerprint density at radius 2 is 2.27 bits per heavy atom. The second-order valence-corrected chi connectivity index (χ2v) is 6.78. The highest BCUT2D eigenvalue weighted by Crippen LogP contribution is 2.46. The van der Waals surface area contributed by atoms with Crippen LogP contribution in [0.2, 0.25) is 5.02 Å². The first-order valence-electron chi connectivity index (χ1n) is 8.30. The number of amides is 1. The van der Waals surface area contributed by atoms with E-state index in [1.165, 1.54) is 12.1 Å². The summed E-state index contributed by atoms with van der Waals surface area (Å²) in [5, 5.41) is 10.7. The van der Waals surface area contributed by atoms with Gasteiger partial charge in [0.1, 0.15) is 11.6 Å². The van der Waals surface area contributed by atoms with Gasteiger partial charge in [-0.25, -0.2) is 4.39 Å². The summed E-state index contributed by atoms with van der Waals surface area (Å²) >= 11 is 5.59. The van der Waals surface area contributed by atoms with E-state index in [0.29, 0.717) is 42.2 Å². The van der Waals surface area contributed by atoms with Crippen molar-refractivity contribution in [3.63, 3.8) is 0 Å². The molecule has 0 radical (unpaired) electrons. The summed E-state index contributed by atoms with van der Waals surface area (Å²) in [6.07, 6.45) is 2.06. The number of aromatic nitrogens is 2. The van der Waals surface area contributed by atoms with E-state index in [2.05, 4.69) is 29.0 Å². The number of hydrogen-bond donors (Lipinski definition) is 1. The standard InChI is InChI=1S/C18H19ClFN3O3/c1-10-7-13(10)18-23-22-17(26-18)6-3-11(2)21-16(24)9-25-12-4-5-14(19)15(20)8-12/h4-5,8,10,13H,2-3,6-7,9H2,1H3,(H,21,24)/t10-,13-/m1/s1. The van der Waals surface area contributed by atoms with Crippen molar-refractivity contribution < 1.29 is 18.3 Å². The van der Waals surface area contributed by atoms with Gasteiger partial charge in [-0.3, -0.25) is 4.79 Å². The zero-order chi connectivity index (χ0) is 18.7. The number of carbonyl (C=O) groups excluding carboxylic acids is 1. The Hall–Kier alpha value is -2.41. The van der Waals surface area contributed by atoms with E-state index in [1.54, 1.807) is 0 Å². The van der Waals surface area contributed by atoms with Crippen LogP contribution in [-0.4, -0.2) is 22.7 Å². The topological polar surface area (TPSA) is 77.3 Å². The van der Waals surface area contributed by atoms with Gasteiger partial charge in [-0.05, 0) is 30.9 Å². The minimum absolute atomic E-state index is 0.00416. The number of aryl methyl sites for hydroxylation is 1. The Labute approximate surface area is 155 Å². The lowest BCUT2D eigenvalue weighted by atomic mass is 10.2. The van der Waals surface area contributed by atoms with E-state index in [4.69, 9.17) is 20.8 Å². The first-order valence-corrected chi connectivity index (χ1v) is 8.68. The van der Waals surface area contributed by atoms with E-state index >= 15 is 0 Å². The molecule has 1 heterocycles. The first kappa shape index (κ1) is 18.4. The molecule has 1 amide bonds. The summed E-state index contributed by atoms with van der Waals surface area (Å²) in [4.78, 5) is 11.9. The number of hydrogen-bond acceptors (Lipinski definition) is 5. The molecule has 0 aliphatic heterocycles. The fraction of sp³-hybridized carbons (Fsp3) is 0.389. The smallest absolute Gasteiger partial charge is 0.262 e. The van der Waals surface area contributed by atoms with Crippen LogP contribution < -0.4 is 10.1 Å². The number of nitrogens with zero attached hydrogens (tertiary/aromatic N) is 2. The molecule has 1 saturated carbocycles. The Kier molecular flexibility index (Phi) is 5.56. The van der Waals surface area contributed by atoms with Crippen LogP contribution in [0.3, 0.4) is 0 Å². The maximum absolute atomic E-state index is 13.3. The van der Waals surface area contributed by atoms with Crippen LogP contribution in [-0.2, 0) is 11.2 Å². The second-order valence-electron chi connectivity index (χ2n) is 6.37. The Bertz CT molecular complexity index is 824. The third-order valence-electron chi connectivity index (χ3n) is 4.13. The fourth-order valence-corrected chi connectivity index (χ4v) is 2.57.